The third-order valence-corrected chi connectivity index (χ3v) is 5.01. The third kappa shape index (κ3) is 4.77. The minimum Gasteiger partial charge on any atom is -0.497 e. The number of nitrogens with zero attached hydrogens (tertiary/aromatic N) is 1. The second-order valence-corrected chi connectivity index (χ2v) is 6.87. The Morgan fingerprint density at radius 2 is 1.78 bits per heavy atom. The Hall–Kier alpha value is -3.75. The largest absolute Gasteiger partial charge is 0.497 e. The van der Waals surface area contributed by atoms with Crippen molar-refractivity contribution in [3.05, 3.63) is 65.1 Å². The second kappa shape index (κ2) is 10.0. The quantitative estimate of drug-likeness (QED) is 0.628. The van der Waals surface area contributed by atoms with E-state index in [4.69, 9.17) is 18.9 Å². The third-order valence-electron chi connectivity index (χ3n) is 5.01. The van der Waals surface area contributed by atoms with Crippen LogP contribution in [-0.4, -0.2) is 51.4 Å². The number of likely N-dealkylation sites (N-methyl/N-ethyl adjacent to an activating group) is 1. The van der Waals surface area contributed by atoms with Crippen LogP contribution in [0.5, 0.6) is 17.2 Å². The van der Waals surface area contributed by atoms with Crippen molar-refractivity contribution in [2.75, 3.05) is 34.5 Å². The Bertz CT molecular complexity index is 1020. The van der Waals surface area contributed by atoms with E-state index in [2.05, 4.69) is 5.32 Å². The molecule has 1 aliphatic rings. The Labute approximate surface area is 185 Å². The zero-order chi connectivity index (χ0) is 23.3. The highest BCUT2D eigenvalue weighted by molar-refractivity contribution is 5.95. The van der Waals surface area contributed by atoms with E-state index >= 15 is 0 Å². The highest BCUT2D eigenvalue weighted by Crippen LogP contribution is 2.37. The highest BCUT2D eigenvalue weighted by atomic mass is 19.1. The van der Waals surface area contributed by atoms with E-state index in [-0.39, 0.29) is 18.8 Å². The molecule has 0 bridgehead atoms. The molecule has 2 amide bonds. The summed E-state index contributed by atoms with van der Waals surface area (Å²) >= 11 is 0. The van der Waals surface area contributed by atoms with Gasteiger partial charge in [-0.2, -0.15) is 0 Å². The lowest BCUT2D eigenvalue weighted by Crippen LogP contribution is -2.48. The first-order valence-electron chi connectivity index (χ1n) is 9.94. The van der Waals surface area contributed by atoms with Gasteiger partial charge < -0.3 is 24.3 Å². The first-order valence-corrected chi connectivity index (χ1v) is 9.94. The summed E-state index contributed by atoms with van der Waals surface area (Å²) in [7, 11) is 4.54. The lowest BCUT2D eigenvalue weighted by atomic mass is 9.93. The minimum absolute atomic E-state index is 0.119. The van der Waals surface area contributed by atoms with Gasteiger partial charge in [-0.1, -0.05) is 0 Å². The predicted octanol–water partition coefficient (Wildman–Crippen LogP) is 3.44. The lowest BCUT2D eigenvalue weighted by molar-refractivity contribution is -0.139. The number of rotatable bonds is 8. The first kappa shape index (κ1) is 22.9. The van der Waals surface area contributed by atoms with Gasteiger partial charge >= 0.3 is 12.0 Å². The molecule has 0 saturated heterocycles. The molecule has 0 aliphatic carbocycles. The zero-order valence-corrected chi connectivity index (χ0v) is 18.3. The SMILES string of the molecule is CCOC(=O)C1=C(COc2ccc(F)cc2)N(C)C(=O)NC1c1cc(OC)ccc1OC. The topological polar surface area (TPSA) is 86.3 Å². The molecule has 2 aromatic carbocycles. The van der Waals surface area contributed by atoms with E-state index in [0.717, 1.165) is 0 Å². The van der Waals surface area contributed by atoms with Crippen LogP contribution in [0.2, 0.25) is 0 Å². The molecule has 1 unspecified atom stereocenters. The number of carbonyl (C=O) groups is 2. The van der Waals surface area contributed by atoms with Crippen LogP contribution in [-0.2, 0) is 9.53 Å². The summed E-state index contributed by atoms with van der Waals surface area (Å²) in [6.07, 6.45) is 0. The Kier molecular flexibility index (Phi) is 7.19. The van der Waals surface area contributed by atoms with Crippen molar-refractivity contribution in [3.8, 4) is 17.2 Å². The molecule has 0 radical (unpaired) electrons. The zero-order valence-electron chi connectivity index (χ0n) is 18.3. The molecule has 0 spiro atoms. The summed E-state index contributed by atoms with van der Waals surface area (Å²) in [6.45, 7) is 1.72. The number of carbonyl (C=O) groups excluding carboxylic acids is 2. The van der Waals surface area contributed by atoms with Crippen molar-refractivity contribution in [1.82, 2.24) is 10.2 Å². The molecule has 8 nitrogen and oxygen atoms in total. The van der Waals surface area contributed by atoms with Crippen LogP contribution in [0.15, 0.2) is 53.7 Å². The number of hydrogen-bond acceptors (Lipinski definition) is 6. The molecule has 9 heteroatoms. The Morgan fingerprint density at radius 1 is 1.09 bits per heavy atom. The van der Waals surface area contributed by atoms with Gasteiger partial charge in [0.25, 0.3) is 0 Å². The van der Waals surface area contributed by atoms with Crippen molar-refractivity contribution in [3.63, 3.8) is 0 Å². The molecule has 2 aromatic rings. The number of urea groups is 1. The van der Waals surface area contributed by atoms with Gasteiger partial charge in [0.2, 0.25) is 0 Å². The number of nitrogens with one attached hydrogen (secondary N) is 1. The average Bonchev–Trinajstić information content (AvgIpc) is 2.80. The van der Waals surface area contributed by atoms with E-state index in [0.29, 0.717) is 28.5 Å². The molecule has 0 aromatic heterocycles. The molecule has 3 rings (SSSR count). The molecule has 170 valence electrons. The Morgan fingerprint density at radius 3 is 2.41 bits per heavy atom. The number of benzene rings is 2. The van der Waals surface area contributed by atoms with Gasteiger partial charge in [-0.3, -0.25) is 4.90 Å². The fourth-order valence-corrected chi connectivity index (χ4v) is 3.36. The fourth-order valence-electron chi connectivity index (χ4n) is 3.36. The van der Waals surface area contributed by atoms with Gasteiger partial charge in [0, 0.05) is 12.6 Å². The average molecular weight is 444 g/mol. The first-order chi connectivity index (χ1) is 15.4. The molecular formula is C23H25FN2O6. The number of methoxy groups -OCH3 is 2. The van der Waals surface area contributed by atoms with E-state index in [1.54, 1.807) is 25.1 Å². The summed E-state index contributed by atoms with van der Waals surface area (Å²) in [4.78, 5) is 27.1. The van der Waals surface area contributed by atoms with E-state index < -0.39 is 23.9 Å². The van der Waals surface area contributed by atoms with Crippen molar-refractivity contribution in [2.45, 2.75) is 13.0 Å². The summed E-state index contributed by atoms with van der Waals surface area (Å²) < 4.78 is 35.0. The summed E-state index contributed by atoms with van der Waals surface area (Å²) in [5.41, 5.74) is 1.03. The highest BCUT2D eigenvalue weighted by Gasteiger charge is 2.38. The number of esters is 1. The minimum atomic E-state index is -0.866. The van der Waals surface area contributed by atoms with Gasteiger partial charge in [0.05, 0.1) is 38.1 Å². The molecule has 1 heterocycles. The van der Waals surface area contributed by atoms with Crippen molar-refractivity contribution >= 4 is 12.0 Å². The number of hydrogen-bond donors (Lipinski definition) is 1. The summed E-state index contributed by atoms with van der Waals surface area (Å²) in [5.74, 6) is 0.370. The molecule has 1 aliphatic heterocycles. The standard InChI is InChI=1S/C23H25FN2O6/c1-5-31-22(27)20-18(13-32-15-8-6-14(24)7-9-15)26(2)23(28)25-21(20)17-12-16(29-3)10-11-19(17)30-4/h6-12,21H,5,13H2,1-4H3,(H,25,28). The van der Waals surface area contributed by atoms with Gasteiger partial charge in [-0.05, 0) is 49.4 Å². The number of halogens is 1. The van der Waals surface area contributed by atoms with Crippen LogP contribution in [0.3, 0.4) is 0 Å². The van der Waals surface area contributed by atoms with E-state index in [1.165, 1.54) is 50.4 Å². The Balaban J connectivity index is 2.10. The van der Waals surface area contributed by atoms with Crippen LogP contribution in [0.25, 0.3) is 0 Å². The van der Waals surface area contributed by atoms with E-state index in [1.807, 2.05) is 0 Å². The van der Waals surface area contributed by atoms with Crippen LogP contribution >= 0.6 is 0 Å². The summed E-state index contributed by atoms with van der Waals surface area (Å²) in [6, 6.07) is 9.24. The monoisotopic (exact) mass is 444 g/mol. The van der Waals surface area contributed by atoms with Crippen molar-refractivity contribution in [1.29, 1.82) is 0 Å². The smallest absolute Gasteiger partial charge is 0.338 e. The van der Waals surface area contributed by atoms with Gasteiger partial charge in [-0.25, -0.2) is 14.0 Å². The van der Waals surface area contributed by atoms with E-state index in [9.17, 15) is 14.0 Å². The molecule has 1 atom stereocenters. The maximum absolute atomic E-state index is 13.2. The second-order valence-electron chi connectivity index (χ2n) is 6.87. The molecule has 0 fully saturated rings. The predicted molar refractivity (Wildman–Crippen MR) is 114 cm³/mol. The molecular weight excluding hydrogens is 419 g/mol. The van der Waals surface area contributed by atoms with Crippen molar-refractivity contribution < 1.29 is 32.9 Å². The normalized spacial score (nSPS) is 15.8. The molecule has 32 heavy (non-hydrogen) atoms. The van der Waals surface area contributed by atoms with Gasteiger partial charge in [0.1, 0.15) is 29.7 Å². The molecule has 0 saturated carbocycles. The number of ether oxygens (including phenoxy) is 4. The number of amides is 2. The van der Waals surface area contributed by atoms with Crippen LogP contribution < -0.4 is 19.5 Å². The van der Waals surface area contributed by atoms with Crippen LogP contribution in [0.4, 0.5) is 9.18 Å². The lowest BCUT2D eigenvalue weighted by Gasteiger charge is -2.35. The maximum Gasteiger partial charge on any atom is 0.338 e. The van der Waals surface area contributed by atoms with Gasteiger partial charge in [0.15, 0.2) is 0 Å². The summed E-state index contributed by atoms with van der Waals surface area (Å²) in [5, 5.41) is 2.82. The van der Waals surface area contributed by atoms with Gasteiger partial charge in [-0.15, -0.1) is 0 Å². The fraction of sp³-hybridized carbons (Fsp3) is 0.304. The van der Waals surface area contributed by atoms with Crippen LogP contribution in [0.1, 0.15) is 18.5 Å². The van der Waals surface area contributed by atoms with Crippen LogP contribution in [0, 0.1) is 5.82 Å². The molecule has 1 N–H and O–H groups in total. The van der Waals surface area contributed by atoms with Crippen molar-refractivity contribution in [2.24, 2.45) is 0 Å². The maximum atomic E-state index is 13.2.